The van der Waals surface area contributed by atoms with Crippen LogP contribution in [0.2, 0.25) is 0 Å². The highest BCUT2D eigenvalue weighted by atomic mass is 16.5. The quantitative estimate of drug-likeness (QED) is 0.751. The predicted octanol–water partition coefficient (Wildman–Crippen LogP) is 0.325. The van der Waals surface area contributed by atoms with Crippen LogP contribution in [0, 0.1) is 0 Å². The fourth-order valence-corrected chi connectivity index (χ4v) is 3.48. The van der Waals surface area contributed by atoms with E-state index in [1.54, 1.807) is 25.0 Å². The number of hydrogen-bond donors (Lipinski definition) is 0. The smallest absolute Gasteiger partial charge is 0.332 e. The third-order valence-electron chi connectivity index (χ3n) is 4.91. The van der Waals surface area contributed by atoms with E-state index in [1.807, 2.05) is 0 Å². The van der Waals surface area contributed by atoms with Gasteiger partial charge >= 0.3 is 5.69 Å². The first-order valence-corrected chi connectivity index (χ1v) is 8.90. The van der Waals surface area contributed by atoms with Crippen LogP contribution < -0.4 is 11.2 Å². The third kappa shape index (κ3) is 3.69. The van der Waals surface area contributed by atoms with Crippen LogP contribution in [-0.2, 0) is 25.4 Å². The van der Waals surface area contributed by atoms with Gasteiger partial charge in [-0.15, -0.1) is 0 Å². The molecule has 0 spiro atoms. The Hall–Kier alpha value is -1.93. The zero-order valence-electron chi connectivity index (χ0n) is 15.3. The summed E-state index contributed by atoms with van der Waals surface area (Å²) in [4.78, 5) is 31.4. The molecule has 1 unspecified atom stereocenters. The van der Waals surface area contributed by atoms with Crippen LogP contribution in [0.15, 0.2) is 15.9 Å². The first-order chi connectivity index (χ1) is 12.0. The molecule has 0 radical (unpaired) electrons. The van der Waals surface area contributed by atoms with Crippen LogP contribution in [-0.4, -0.2) is 56.4 Å². The Morgan fingerprint density at radius 2 is 2.12 bits per heavy atom. The van der Waals surface area contributed by atoms with Gasteiger partial charge in [0, 0.05) is 33.8 Å². The molecule has 2 aromatic rings. The highest BCUT2D eigenvalue weighted by molar-refractivity contribution is 5.69. The number of likely N-dealkylation sites (N-methyl/N-ethyl adjacent to an activating group) is 1. The molecule has 0 aromatic carbocycles. The lowest BCUT2D eigenvalue weighted by Crippen LogP contribution is -2.40. The van der Waals surface area contributed by atoms with Crippen molar-refractivity contribution in [3.63, 3.8) is 0 Å². The van der Waals surface area contributed by atoms with Gasteiger partial charge in [-0.2, -0.15) is 0 Å². The van der Waals surface area contributed by atoms with Gasteiger partial charge in [-0.05, 0) is 39.3 Å². The molecule has 1 fully saturated rings. The minimum absolute atomic E-state index is 0.267. The molecule has 1 aliphatic heterocycles. The van der Waals surface area contributed by atoms with Gasteiger partial charge in [0.05, 0.1) is 12.4 Å². The fraction of sp³-hybridized carbons (Fsp3) is 0.706. The Bertz CT molecular complexity index is 844. The second-order valence-corrected chi connectivity index (χ2v) is 6.93. The summed E-state index contributed by atoms with van der Waals surface area (Å²) in [5.74, 6) is 0. The molecule has 25 heavy (non-hydrogen) atoms. The van der Waals surface area contributed by atoms with E-state index in [1.165, 1.54) is 15.6 Å². The summed E-state index contributed by atoms with van der Waals surface area (Å²) in [5, 5.41) is 0. The van der Waals surface area contributed by atoms with Gasteiger partial charge in [0.15, 0.2) is 11.2 Å². The summed E-state index contributed by atoms with van der Waals surface area (Å²) in [6, 6.07) is 0. The van der Waals surface area contributed by atoms with Crippen molar-refractivity contribution in [2.75, 3.05) is 26.7 Å². The van der Waals surface area contributed by atoms with Gasteiger partial charge in [-0.1, -0.05) is 0 Å². The molecule has 3 rings (SSSR count). The standard InChI is InChI=1S/C17H27N5O3/c1-19(11-13-7-4-5-10-25-13)8-6-9-22-16(23)14-15(18-12-20(14)2)21(3)17(22)24/h12-13H,4-11H2,1-3H3. The van der Waals surface area contributed by atoms with Gasteiger partial charge in [-0.3, -0.25) is 13.9 Å². The molecule has 0 aliphatic carbocycles. The Morgan fingerprint density at radius 3 is 2.84 bits per heavy atom. The molecule has 8 heteroatoms. The second kappa shape index (κ2) is 7.53. The summed E-state index contributed by atoms with van der Waals surface area (Å²) in [5.41, 5.74) is 0.317. The minimum Gasteiger partial charge on any atom is -0.377 e. The summed E-state index contributed by atoms with van der Waals surface area (Å²) < 4.78 is 10.2. The molecule has 3 heterocycles. The zero-order chi connectivity index (χ0) is 18.0. The van der Waals surface area contributed by atoms with Crippen molar-refractivity contribution in [3.05, 3.63) is 27.2 Å². The topological polar surface area (TPSA) is 74.3 Å². The Labute approximate surface area is 146 Å². The largest absolute Gasteiger partial charge is 0.377 e. The number of aromatic nitrogens is 4. The average molecular weight is 349 g/mol. The van der Waals surface area contributed by atoms with Crippen molar-refractivity contribution in [1.82, 2.24) is 23.6 Å². The van der Waals surface area contributed by atoms with Crippen LogP contribution >= 0.6 is 0 Å². The van der Waals surface area contributed by atoms with E-state index >= 15 is 0 Å². The van der Waals surface area contributed by atoms with E-state index in [2.05, 4.69) is 16.9 Å². The zero-order valence-corrected chi connectivity index (χ0v) is 15.3. The van der Waals surface area contributed by atoms with Crippen molar-refractivity contribution in [1.29, 1.82) is 0 Å². The molecular formula is C17H27N5O3. The van der Waals surface area contributed by atoms with Crippen LogP contribution in [0.4, 0.5) is 0 Å². The normalized spacial score (nSPS) is 18.3. The van der Waals surface area contributed by atoms with Crippen LogP contribution in [0.5, 0.6) is 0 Å². The monoisotopic (exact) mass is 349 g/mol. The Kier molecular flexibility index (Phi) is 5.39. The van der Waals surface area contributed by atoms with E-state index in [-0.39, 0.29) is 11.2 Å². The second-order valence-electron chi connectivity index (χ2n) is 6.93. The number of imidazole rings is 1. The molecule has 0 bridgehead atoms. The Morgan fingerprint density at radius 1 is 1.32 bits per heavy atom. The minimum atomic E-state index is -0.311. The number of ether oxygens (including phenoxy) is 1. The third-order valence-corrected chi connectivity index (χ3v) is 4.91. The van der Waals surface area contributed by atoms with Gasteiger partial charge in [0.1, 0.15) is 0 Å². The van der Waals surface area contributed by atoms with Gasteiger partial charge in [-0.25, -0.2) is 9.78 Å². The molecule has 0 amide bonds. The predicted molar refractivity (Wildman–Crippen MR) is 95.9 cm³/mol. The Balaban J connectivity index is 1.66. The molecule has 1 atom stereocenters. The number of fused-ring (bicyclic) bond motifs is 1. The highest BCUT2D eigenvalue weighted by Crippen LogP contribution is 2.13. The van der Waals surface area contributed by atoms with Crippen molar-refractivity contribution < 1.29 is 4.74 Å². The van der Waals surface area contributed by atoms with Crippen LogP contribution in [0.25, 0.3) is 11.2 Å². The lowest BCUT2D eigenvalue weighted by atomic mass is 10.1. The molecule has 2 aromatic heterocycles. The van der Waals surface area contributed by atoms with Crippen molar-refractivity contribution in [2.24, 2.45) is 14.1 Å². The first-order valence-electron chi connectivity index (χ1n) is 8.90. The van der Waals surface area contributed by atoms with E-state index in [4.69, 9.17) is 4.74 Å². The average Bonchev–Trinajstić information content (AvgIpc) is 2.99. The molecule has 0 saturated carbocycles. The van der Waals surface area contributed by atoms with Crippen molar-refractivity contribution in [3.8, 4) is 0 Å². The molecule has 1 aliphatic rings. The van der Waals surface area contributed by atoms with E-state index < -0.39 is 0 Å². The number of nitrogens with zero attached hydrogens (tertiary/aromatic N) is 5. The molecule has 138 valence electrons. The molecule has 1 saturated heterocycles. The lowest BCUT2D eigenvalue weighted by Gasteiger charge is -2.27. The van der Waals surface area contributed by atoms with E-state index in [9.17, 15) is 9.59 Å². The lowest BCUT2D eigenvalue weighted by molar-refractivity contribution is -0.00168. The highest BCUT2D eigenvalue weighted by Gasteiger charge is 2.17. The van der Waals surface area contributed by atoms with Crippen molar-refractivity contribution in [2.45, 2.75) is 38.3 Å². The van der Waals surface area contributed by atoms with E-state index in [0.29, 0.717) is 23.8 Å². The number of rotatable bonds is 6. The van der Waals surface area contributed by atoms with Gasteiger partial charge in [0.25, 0.3) is 5.56 Å². The maximum atomic E-state index is 12.6. The maximum absolute atomic E-state index is 12.6. The summed E-state index contributed by atoms with van der Waals surface area (Å²) in [7, 11) is 5.48. The molecular weight excluding hydrogens is 322 g/mol. The maximum Gasteiger partial charge on any atom is 0.332 e. The SMILES string of the molecule is CN(CCCn1c(=O)c2c(ncn2C)n(C)c1=O)CC1CCCCO1. The molecule has 8 nitrogen and oxygen atoms in total. The van der Waals surface area contributed by atoms with Gasteiger partial charge in [0.2, 0.25) is 0 Å². The summed E-state index contributed by atoms with van der Waals surface area (Å²) in [6.45, 7) is 2.98. The summed E-state index contributed by atoms with van der Waals surface area (Å²) in [6.07, 6.45) is 6.11. The number of hydrogen-bond acceptors (Lipinski definition) is 5. The molecule has 0 N–H and O–H groups in total. The van der Waals surface area contributed by atoms with Crippen LogP contribution in [0.3, 0.4) is 0 Å². The van der Waals surface area contributed by atoms with E-state index in [0.717, 1.165) is 39.0 Å². The first kappa shape index (κ1) is 17.9. The van der Waals surface area contributed by atoms with Crippen molar-refractivity contribution >= 4 is 11.2 Å². The number of aryl methyl sites for hydroxylation is 2. The summed E-state index contributed by atoms with van der Waals surface area (Å²) >= 11 is 0. The fourth-order valence-electron chi connectivity index (χ4n) is 3.48. The van der Waals surface area contributed by atoms with Gasteiger partial charge < -0.3 is 14.2 Å². The van der Waals surface area contributed by atoms with Crippen LogP contribution in [0.1, 0.15) is 25.7 Å².